The van der Waals surface area contributed by atoms with Crippen molar-refractivity contribution in [2.45, 2.75) is 13.3 Å². The fourth-order valence-electron chi connectivity index (χ4n) is 0.999. The molecule has 0 aliphatic heterocycles. The van der Waals surface area contributed by atoms with E-state index in [9.17, 15) is 9.18 Å². The van der Waals surface area contributed by atoms with Gasteiger partial charge in [-0.15, -0.1) is 0 Å². The molecule has 0 fully saturated rings. The van der Waals surface area contributed by atoms with E-state index in [-0.39, 0.29) is 0 Å². The monoisotopic (exact) mass is 178 g/mol. The summed E-state index contributed by atoms with van der Waals surface area (Å²) in [5, 5.41) is 0. The number of hydrogen-bond donors (Lipinski definition) is 0. The number of ketones is 1. The van der Waals surface area contributed by atoms with Crippen molar-refractivity contribution < 1.29 is 9.18 Å². The first-order chi connectivity index (χ1) is 6.25. The first kappa shape index (κ1) is 9.65. The second-order valence-electron chi connectivity index (χ2n) is 2.66. The molecular weight excluding hydrogens is 167 g/mol. The van der Waals surface area contributed by atoms with E-state index in [1.807, 2.05) is 0 Å². The van der Waals surface area contributed by atoms with Crippen LogP contribution in [0.1, 0.15) is 23.7 Å². The third-order valence-corrected chi connectivity index (χ3v) is 1.64. The highest BCUT2D eigenvalue weighted by Crippen LogP contribution is 2.09. The molecule has 1 aromatic carbocycles. The second kappa shape index (κ2) is 4.55. The molecule has 0 amide bonds. The normalized spacial score (nSPS) is 11.4. The van der Waals surface area contributed by atoms with Crippen LogP contribution in [-0.4, -0.2) is 5.78 Å². The fraction of sp³-hybridized carbons (Fsp3) is 0.182. The number of benzene rings is 1. The van der Waals surface area contributed by atoms with Crippen molar-refractivity contribution in [3.8, 4) is 0 Å². The minimum absolute atomic E-state index is 0.393. The zero-order valence-corrected chi connectivity index (χ0v) is 7.46. The largest absolute Gasteiger partial charge is 0.286 e. The number of rotatable bonds is 3. The average Bonchev–Trinajstić information content (AvgIpc) is 2.18. The lowest BCUT2D eigenvalue weighted by Gasteiger charge is -1.96. The number of halogens is 1. The van der Waals surface area contributed by atoms with E-state index < -0.39 is 11.6 Å². The van der Waals surface area contributed by atoms with Gasteiger partial charge in [0.15, 0.2) is 5.83 Å². The molecule has 0 N–H and O–H groups in total. The van der Waals surface area contributed by atoms with Crippen molar-refractivity contribution in [2.75, 3.05) is 0 Å². The van der Waals surface area contributed by atoms with Crippen molar-refractivity contribution in [1.29, 1.82) is 0 Å². The standard InChI is InChI=1S/C11H11FO/c1-2-6-10(12)11(13)9-7-4-3-5-8-9/h3-8H,2H2,1H3/b10-6+. The van der Waals surface area contributed by atoms with Crippen molar-refractivity contribution in [1.82, 2.24) is 0 Å². The molecular formula is C11H11FO. The minimum Gasteiger partial charge on any atom is -0.286 e. The van der Waals surface area contributed by atoms with E-state index in [1.54, 1.807) is 37.3 Å². The highest BCUT2D eigenvalue weighted by Gasteiger charge is 2.09. The summed E-state index contributed by atoms with van der Waals surface area (Å²) in [5.74, 6) is -1.21. The SMILES string of the molecule is CC/C=C(/F)C(=O)c1ccccc1. The molecule has 0 unspecified atom stereocenters. The lowest BCUT2D eigenvalue weighted by Crippen LogP contribution is -1.98. The summed E-state index contributed by atoms with van der Waals surface area (Å²) in [7, 11) is 0. The quantitative estimate of drug-likeness (QED) is 0.513. The maximum atomic E-state index is 13.0. The van der Waals surface area contributed by atoms with Gasteiger partial charge in [0, 0.05) is 5.56 Å². The molecule has 0 saturated heterocycles. The zero-order chi connectivity index (χ0) is 9.68. The predicted octanol–water partition coefficient (Wildman–Crippen LogP) is 3.13. The molecule has 13 heavy (non-hydrogen) atoms. The Kier molecular flexibility index (Phi) is 3.38. The van der Waals surface area contributed by atoms with Crippen LogP contribution in [0.3, 0.4) is 0 Å². The fourth-order valence-corrected chi connectivity index (χ4v) is 0.999. The van der Waals surface area contributed by atoms with Gasteiger partial charge in [-0.2, -0.15) is 0 Å². The van der Waals surface area contributed by atoms with Crippen LogP contribution in [0.5, 0.6) is 0 Å². The molecule has 1 rings (SSSR count). The number of carbonyl (C=O) groups is 1. The Morgan fingerprint density at radius 3 is 2.54 bits per heavy atom. The van der Waals surface area contributed by atoms with Crippen molar-refractivity contribution in [3.63, 3.8) is 0 Å². The maximum absolute atomic E-state index is 13.0. The highest BCUT2D eigenvalue weighted by atomic mass is 19.1. The Morgan fingerprint density at radius 2 is 2.00 bits per heavy atom. The van der Waals surface area contributed by atoms with Gasteiger partial charge in [-0.25, -0.2) is 4.39 Å². The van der Waals surface area contributed by atoms with Crippen LogP contribution in [0.4, 0.5) is 4.39 Å². The topological polar surface area (TPSA) is 17.1 Å². The molecule has 0 atom stereocenters. The summed E-state index contributed by atoms with van der Waals surface area (Å²) >= 11 is 0. The Bertz CT molecular complexity index is 314. The molecule has 0 bridgehead atoms. The third kappa shape index (κ3) is 2.51. The number of Topliss-reactive ketones (excluding diaryl/α,β-unsaturated/α-hetero) is 1. The molecule has 0 radical (unpaired) electrons. The summed E-state index contributed by atoms with van der Waals surface area (Å²) in [6.45, 7) is 1.79. The molecule has 2 heteroatoms. The van der Waals surface area contributed by atoms with E-state index in [1.165, 1.54) is 6.08 Å². The van der Waals surface area contributed by atoms with Crippen LogP contribution < -0.4 is 0 Å². The van der Waals surface area contributed by atoms with Crippen molar-refractivity contribution in [3.05, 3.63) is 47.8 Å². The van der Waals surface area contributed by atoms with Gasteiger partial charge < -0.3 is 0 Å². The van der Waals surface area contributed by atoms with Crippen LogP contribution in [0.25, 0.3) is 0 Å². The van der Waals surface area contributed by atoms with Gasteiger partial charge in [0.2, 0.25) is 5.78 Å². The lowest BCUT2D eigenvalue weighted by atomic mass is 10.1. The van der Waals surface area contributed by atoms with Gasteiger partial charge in [0.1, 0.15) is 0 Å². The first-order valence-corrected chi connectivity index (χ1v) is 4.21. The zero-order valence-electron chi connectivity index (χ0n) is 7.46. The highest BCUT2D eigenvalue weighted by molar-refractivity contribution is 6.07. The molecule has 0 aromatic heterocycles. The van der Waals surface area contributed by atoms with Crippen molar-refractivity contribution in [2.24, 2.45) is 0 Å². The van der Waals surface area contributed by atoms with Gasteiger partial charge in [0.05, 0.1) is 0 Å². The van der Waals surface area contributed by atoms with Crippen LogP contribution in [0.2, 0.25) is 0 Å². The summed E-state index contributed by atoms with van der Waals surface area (Å²) in [5.41, 5.74) is 0.393. The molecule has 0 spiro atoms. The second-order valence-corrected chi connectivity index (χ2v) is 2.66. The number of hydrogen-bond acceptors (Lipinski definition) is 1. The van der Waals surface area contributed by atoms with Crippen LogP contribution in [0.15, 0.2) is 42.2 Å². The molecule has 1 aromatic rings. The number of carbonyl (C=O) groups excluding carboxylic acids is 1. The van der Waals surface area contributed by atoms with E-state index in [4.69, 9.17) is 0 Å². The van der Waals surface area contributed by atoms with Crippen molar-refractivity contribution >= 4 is 5.78 Å². The summed E-state index contributed by atoms with van der Waals surface area (Å²) in [6, 6.07) is 8.42. The molecule has 0 aliphatic rings. The van der Waals surface area contributed by atoms with E-state index in [2.05, 4.69) is 0 Å². The number of allylic oxidation sites excluding steroid dienone is 2. The maximum Gasteiger partial charge on any atom is 0.221 e. The van der Waals surface area contributed by atoms with Crippen LogP contribution in [0, 0.1) is 0 Å². The molecule has 0 saturated carbocycles. The Hall–Kier alpha value is -1.44. The van der Waals surface area contributed by atoms with Gasteiger partial charge >= 0.3 is 0 Å². The predicted molar refractivity (Wildman–Crippen MR) is 50.3 cm³/mol. The lowest BCUT2D eigenvalue weighted by molar-refractivity contribution is 0.100. The van der Waals surface area contributed by atoms with Gasteiger partial charge in [-0.3, -0.25) is 4.79 Å². The Labute approximate surface area is 76.9 Å². The Balaban J connectivity index is 2.86. The van der Waals surface area contributed by atoms with Crippen LogP contribution >= 0.6 is 0 Å². The van der Waals surface area contributed by atoms with E-state index >= 15 is 0 Å². The third-order valence-electron chi connectivity index (χ3n) is 1.64. The van der Waals surface area contributed by atoms with E-state index in [0.29, 0.717) is 12.0 Å². The minimum atomic E-state index is -0.672. The van der Waals surface area contributed by atoms with Gasteiger partial charge in [-0.1, -0.05) is 37.3 Å². The summed E-state index contributed by atoms with van der Waals surface area (Å²) in [6.07, 6.45) is 1.82. The molecule has 0 aliphatic carbocycles. The first-order valence-electron chi connectivity index (χ1n) is 4.21. The molecule has 68 valence electrons. The average molecular weight is 178 g/mol. The Morgan fingerprint density at radius 1 is 1.38 bits per heavy atom. The molecule has 0 heterocycles. The van der Waals surface area contributed by atoms with Gasteiger partial charge in [-0.05, 0) is 12.5 Å². The summed E-state index contributed by atoms with van der Waals surface area (Å²) < 4.78 is 13.0. The molecule has 1 nitrogen and oxygen atoms in total. The van der Waals surface area contributed by atoms with Gasteiger partial charge in [0.25, 0.3) is 0 Å². The van der Waals surface area contributed by atoms with Crippen LogP contribution in [-0.2, 0) is 0 Å². The van der Waals surface area contributed by atoms with E-state index in [0.717, 1.165) is 0 Å². The smallest absolute Gasteiger partial charge is 0.221 e. The summed E-state index contributed by atoms with van der Waals surface area (Å²) in [4.78, 5) is 11.3.